The number of rotatable bonds is 7. The number of hydrogen-bond acceptors (Lipinski definition) is 2. The van der Waals surface area contributed by atoms with E-state index >= 15 is 0 Å². The van der Waals surface area contributed by atoms with Crippen LogP contribution in [0.3, 0.4) is 0 Å². The highest BCUT2D eigenvalue weighted by molar-refractivity contribution is 5.80. The van der Waals surface area contributed by atoms with Crippen LogP contribution in [-0.2, 0) is 9.53 Å². The first-order valence-corrected chi connectivity index (χ1v) is 5.59. The highest BCUT2D eigenvalue weighted by atomic mass is 16.5. The number of carbonyl (C=O) groups excluding carboxylic acids is 1. The lowest BCUT2D eigenvalue weighted by molar-refractivity contribution is -0.122. The van der Waals surface area contributed by atoms with E-state index in [1.54, 1.807) is 0 Å². The van der Waals surface area contributed by atoms with E-state index in [0.717, 1.165) is 38.8 Å². The first-order valence-electron chi connectivity index (χ1n) is 5.59. The zero-order valence-corrected chi connectivity index (χ0v) is 9.21. The lowest BCUT2D eigenvalue weighted by Gasteiger charge is -2.07. The van der Waals surface area contributed by atoms with Gasteiger partial charge in [0.2, 0.25) is 5.91 Å². The smallest absolute Gasteiger partial charge is 0.223 e. The van der Waals surface area contributed by atoms with Crippen LogP contribution in [0.1, 0.15) is 39.5 Å². The molecule has 0 radical (unpaired) electrons. The molecule has 3 heteroatoms. The van der Waals surface area contributed by atoms with Crippen LogP contribution in [-0.4, -0.2) is 25.2 Å². The normalized spacial score (nSPS) is 15.9. The van der Waals surface area contributed by atoms with Gasteiger partial charge < -0.3 is 10.1 Å². The molecule has 0 unspecified atom stereocenters. The minimum atomic E-state index is 0.245. The Balaban J connectivity index is 1.81. The third-order valence-electron chi connectivity index (χ3n) is 2.27. The van der Waals surface area contributed by atoms with Gasteiger partial charge in [-0.15, -0.1) is 0 Å². The zero-order valence-electron chi connectivity index (χ0n) is 9.21. The van der Waals surface area contributed by atoms with E-state index in [-0.39, 0.29) is 5.91 Å². The van der Waals surface area contributed by atoms with Crippen molar-refractivity contribution < 1.29 is 9.53 Å². The minimum absolute atomic E-state index is 0.245. The average molecular weight is 199 g/mol. The molecule has 1 fully saturated rings. The summed E-state index contributed by atoms with van der Waals surface area (Å²) in [6.45, 7) is 5.68. The minimum Gasteiger partial charge on any atom is -0.379 e. The zero-order chi connectivity index (χ0) is 10.4. The Labute approximate surface area is 86.2 Å². The molecule has 0 aromatic rings. The van der Waals surface area contributed by atoms with Crippen molar-refractivity contribution in [3.63, 3.8) is 0 Å². The van der Waals surface area contributed by atoms with E-state index < -0.39 is 0 Å². The van der Waals surface area contributed by atoms with Gasteiger partial charge >= 0.3 is 0 Å². The molecule has 0 aromatic heterocycles. The quantitative estimate of drug-likeness (QED) is 0.634. The van der Waals surface area contributed by atoms with E-state index in [4.69, 9.17) is 4.74 Å². The van der Waals surface area contributed by atoms with Crippen molar-refractivity contribution in [1.29, 1.82) is 0 Å². The first kappa shape index (κ1) is 11.5. The second-order valence-electron chi connectivity index (χ2n) is 4.19. The Morgan fingerprint density at radius 1 is 1.43 bits per heavy atom. The molecule has 82 valence electrons. The summed E-state index contributed by atoms with van der Waals surface area (Å²) in [5.41, 5.74) is 0. The number of hydrogen-bond donors (Lipinski definition) is 1. The Hall–Kier alpha value is -0.570. The standard InChI is InChI=1S/C11H21NO2/c1-9(2)14-8-4-3-7-12-11(13)10-5-6-10/h9-10H,3-8H2,1-2H3,(H,12,13). The van der Waals surface area contributed by atoms with Gasteiger partial charge in [-0.1, -0.05) is 0 Å². The third kappa shape index (κ3) is 5.22. The third-order valence-corrected chi connectivity index (χ3v) is 2.27. The van der Waals surface area contributed by atoms with E-state index in [1.165, 1.54) is 0 Å². The van der Waals surface area contributed by atoms with Crippen LogP contribution in [0.15, 0.2) is 0 Å². The van der Waals surface area contributed by atoms with Crippen molar-refractivity contribution in [2.75, 3.05) is 13.2 Å². The van der Waals surface area contributed by atoms with Crippen LogP contribution in [0.25, 0.3) is 0 Å². The second-order valence-corrected chi connectivity index (χ2v) is 4.19. The molecule has 0 heterocycles. The molecule has 0 aromatic carbocycles. The molecule has 0 saturated heterocycles. The molecule has 1 amide bonds. The van der Waals surface area contributed by atoms with Crippen LogP contribution >= 0.6 is 0 Å². The van der Waals surface area contributed by atoms with Crippen molar-refractivity contribution in [2.45, 2.75) is 45.6 Å². The van der Waals surface area contributed by atoms with Crippen molar-refractivity contribution in [1.82, 2.24) is 5.32 Å². The van der Waals surface area contributed by atoms with Gasteiger partial charge in [0.1, 0.15) is 0 Å². The van der Waals surface area contributed by atoms with Crippen LogP contribution in [0, 0.1) is 5.92 Å². The predicted molar refractivity (Wildman–Crippen MR) is 56.1 cm³/mol. The lowest BCUT2D eigenvalue weighted by Crippen LogP contribution is -2.25. The fourth-order valence-corrected chi connectivity index (χ4v) is 1.25. The molecule has 14 heavy (non-hydrogen) atoms. The Kier molecular flexibility index (Phi) is 4.94. The molecule has 1 rings (SSSR count). The molecule has 1 aliphatic carbocycles. The van der Waals surface area contributed by atoms with Gasteiger partial charge in [-0.2, -0.15) is 0 Å². The summed E-state index contributed by atoms with van der Waals surface area (Å²) in [5, 5.41) is 2.94. The molecule has 0 aliphatic heterocycles. The summed E-state index contributed by atoms with van der Waals surface area (Å²) in [6.07, 6.45) is 4.54. The van der Waals surface area contributed by atoms with E-state index in [1.807, 2.05) is 13.8 Å². The van der Waals surface area contributed by atoms with Gasteiger partial charge in [0.15, 0.2) is 0 Å². The van der Waals surface area contributed by atoms with Crippen molar-refractivity contribution >= 4 is 5.91 Å². The van der Waals surface area contributed by atoms with Gasteiger partial charge in [-0.3, -0.25) is 4.79 Å². The molecule has 1 saturated carbocycles. The highest BCUT2D eigenvalue weighted by Gasteiger charge is 2.28. The number of ether oxygens (including phenoxy) is 1. The van der Waals surface area contributed by atoms with Gasteiger partial charge in [-0.05, 0) is 39.5 Å². The summed E-state index contributed by atoms with van der Waals surface area (Å²) in [5.74, 6) is 0.580. The Morgan fingerprint density at radius 3 is 2.71 bits per heavy atom. The lowest BCUT2D eigenvalue weighted by atomic mass is 10.3. The van der Waals surface area contributed by atoms with Crippen molar-refractivity contribution in [3.05, 3.63) is 0 Å². The summed E-state index contributed by atoms with van der Waals surface area (Å²) < 4.78 is 5.40. The Bertz CT molecular complexity index is 176. The SMILES string of the molecule is CC(C)OCCCCNC(=O)C1CC1. The van der Waals surface area contributed by atoms with Gasteiger partial charge in [-0.25, -0.2) is 0 Å². The fourth-order valence-electron chi connectivity index (χ4n) is 1.25. The van der Waals surface area contributed by atoms with E-state index in [2.05, 4.69) is 5.32 Å². The maximum absolute atomic E-state index is 11.2. The predicted octanol–water partition coefficient (Wildman–Crippen LogP) is 1.72. The number of carbonyl (C=O) groups is 1. The van der Waals surface area contributed by atoms with Gasteiger partial charge in [0.25, 0.3) is 0 Å². The Morgan fingerprint density at radius 2 is 2.14 bits per heavy atom. The van der Waals surface area contributed by atoms with Gasteiger partial charge in [0.05, 0.1) is 6.10 Å². The molecule has 0 atom stereocenters. The largest absolute Gasteiger partial charge is 0.379 e. The maximum atomic E-state index is 11.2. The fraction of sp³-hybridized carbons (Fsp3) is 0.909. The molecular formula is C11H21NO2. The second kappa shape index (κ2) is 6.02. The van der Waals surface area contributed by atoms with Gasteiger partial charge in [0, 0.05) is 19.1 Å². The number of amides is 1. The molecule has 1 aliphatic rings. The van der Waals surface area contributed by atoms with Crippen molar-refractivity contribution in [2.24, 2.45) is 5.92 Å². The number of unbranched alkanes of at least 4 members (excludes halogenated alkanes) is 1. The first-order chi connectivity index (χ1) is 6.70. The van der Waals surface area contributed by atoms with Crippen LogP contribution < -0.4 is 5.32 Å². The highest BCUT2D eigenvalue weighted by Crippen LogP contribution is 2.28. The van der Waals surface area contributed by atoms with Crippen LogP contribution in [0.5, 0.6) is 0 Å². The summed E-state index contributed by atoms with van der Waals surface area (Å²) in [4.78, 5) is 11.2. The average Bonchev–Trinajstić information content (AvgIpc) is 2.92. The molecule has 0 bridgehead atoms. The topological polar surface area (TPSA) is 38.3 Å². The monoisotopic (exact) mass is 199 g/mol. The number of nitrogens with one attached hydrogen (secondary N) is 1. The van der Waals surface area contributed by atoms with E-state index in [0.29, 0.717) is 12.0 Å². The molecule has 1 N–H and O–H groups in total. The van der Waals surface area contributed by atoms with Crippen molar-refractivity contribution in [3.8, 4) is 0 Å². The maximum Gasteiger partial charge on any atom is 0.223 e. The summed E-state index contributed by atoms with van der Waals surface area (Å²) >= 11 is 0. The molecular weight excluding hydrogens is 178 g/mol. The summed E-state index contributed by atoms with van der Waals surface area (Å²) in [7, 11) is 0. The summed E-state index contributed by atoms with van der Waals surface area (Å²) in [6, 6.07) is 0. The van der Waals surface area contributed by atoms with E-state index in [9.17, 15) is 4.79 Å². The van der Waals surface area contributed by atoms with Crippen LogP contribution in [0.2, 0.25) is 0 Å². The molecule has 3 nitrogen and oxygen atoms in total. The molecule has 0 spiro atoms. The van der Waals surface area contributed by atoms with Crippen LogP contribution in [0.4, 0.5) is 0 Å².